The number of ether oxygens (including phenoxy) is 4. The lowest BCUT2D eigenvalue weighted by atomic mass is 9.83. The van der Waals surface area contributed by atoms with Crippen LogP contribution >= 0.6 is 11.6 Å². The number of hydrogen-bond acceptors (Lipinski definition) is 7. The van der Waals surface area contributed by atoms with Crippen molar-refractivity contribution < 1.29 is 23.7 Å². The first-order valence-corrected chi connectivity index (χ1v) is 13.3. The number of fused-ring (bicyclic) bond motifs is 1. The van der Waals surface area contributed by atoms with Crippen LogP contribution in [-0.2, 0) is 11.4 Å². The fraction of sp³-hybridized carbons (Fsp3) is 0.152. The number of nitriles is 1. The van der Waals surface area contributed by atoms with Crippen molar-refractivity contribution in [1.82, 2.24) is 0 Å². The molecule has 0 saturated heterocycles. The van der Waals surface area contributed by atoms with Gasteiger partial charge in [0.1, 0.15) is 41.2 Å². The van der Waals surface area contributed by atoms with Crippen LogP contribution in [0.4, 0.5) is 0 Å². The standard InChI is InChI=1S/C33H27ClN2O5/c1-20-12-21(2)14-26(13-20)39-19-31(37)40-25-10-11-27-30(16-25)41-33(36)28(17-35)32(27)22-7-5-8-24(15-22)38-18-23-6-3-4-9-29(23)34/h3-16,32H,18-19,36H2,1-2H3. The Hall–Kier alpha value is -4.93. The van der Waals surface area contributed by atoms with E-state index in [9.17, 15) is 10.1 Å². The van der Waals surface area contributed by atoms with E-state index < -0.39 is 11.9 Å². The minimum atomic E-state index is -0.568. The highest BCUT2D eigenvalue weighted by molar-refractivity contribution is 6.31. The van der Waals surface area contributed by atoms with Crippen LogP contribution in [0.25, 0.3) is 0 Å². The number of nitrogens with two attached hydrogens (primary N) is 1. The van der Waals surface area contributed by atoms with Crippen LogP contribution in [0.5, 0.6) is 23.0 Å². The van der Waals surface area contributed by atoms with Crippen molar-refractivity contribution in [1.29, 1.82) is 5.26 Å². The lowest BCUT2D eigenvalue weighted by molar-refractivity contribution is -0.136. The molecule has 206 valence electrons. The summed E-state index contributed by atoms with van der Waals surface area (Å²) < 4.78 is 22.9. The molecule has 0 aliphatic carbocycles. The van der Waals surface area contributed by atoms with E-state index in [1.54, 1.807) is 18.2 Å². The zero-order valence-corrected chi connectivity index (χ0v) is 23.3. The predicted molar refractivity (Wildman–Crippen MR) is 155 cm³/mol. The summed E-state index contributed by atoms with van der Waals surface area (Å²) in [5.41, 5.74) is 10.9. The largest absolute Gasteiger partial charge is 0.489 e. The molecule has 4 aromatic rings. The first kappa shape index (κ1) is 27.6. The molecule has 5 rings (SSSR count). The number of esters is 1. The van der Waals surface area contributed by atoms with E-state index in [1.165, 1.54) is 0 Å². The van der Waals surface area contributed by atoms with E-state index in [2.05, 4.69) is 6.07 Å². The molecule has 0 fully saturated rings. The van der Waals surface area contributed by atoms with Crippen LogP contribution in [0.1, 0.15) is 33.7 Å². The zero-order chi connectivity index (χ0) is 28.9. The zero-order valence-electron chi connectivity index (χ0n) is 22.5. The quantitative estimate of drug-likeness (QED) is 0.186. The highest BCUT2D eigenvalue weighted by Gasteiger charge is 2.31. The van der Waals surface area contributed by atoms with Crippen LogP contribution in [0.3, 0.4) is 0 Å². The first-order valence-electron chi connectivity index (χ1n) is 12.9. The summed E-state index contributed by atoms with van der Waals surface area (Å²) in [5.74, 6) is 0.757. The third-order valence-corrected chi connectivity index (χ3v) is 6.89. The molecule has 0 saturated carbocycles. The lowest BCUT2D eigenvalue weighted by Gasteiger charge is -2.27. The number of allylic oxidation sites excluding steroid dienone is 1. The van der Waals surface area contributed by atoms with E-state index in [1.807, 2.05) is 80.6 Å². The number of carbonyl (C=O) groups is 1. The molecule has 41 heavy (non-hydrogen) atoms. The van der Waals surface area contributed by atoms with E-state index in [0.717, 1.165) is 22.3 Å². The number of rotatable bonds is 8. The van der Waals surface area contributed by atoms with Crippen LogP contribution in [0.2, 0.25) is 5.02 Å². The van der Waals surface area contributed by atoms with Crippen LogP contribution in [0, 0.1) is 25.2 Å². The van der Waals surface area contributed by atoms with Crippen molar-refractivity contribution in [2.24, 2.45) is 5.73 Å². The SMILES string of the molecule is Cc1cc(C)cc(OCC(=O)Oc2ccc3c(c2)OC(N)=C(C#N)C3c2cccc(OCc3ccccc3Cl)c2)c1. The first-order chi connectivity index (χ1) is 19.8. The summed E-state index contributed by atoms with van der Waals surface area (Å²) in [5, 5.41) is 10.6. The Bertz CT molecular complexity index is 1670. The van der Waals surface area contributed by atoms with Gasteiger partial charge in [0.15, 0.2) is 6.61 Å². The van der Waals surface area contributed by atoms with Gasteiger partial charge in [0.2, 0.25) is 5.88 Å². The fourth-order valence-electron chi connectivity index (χ4n) is 4.72. The van der Waals surface area contributed by atoms with Crippen molar-refractivity contribution >= 4 is 17.6 Å². The molecular weight excluding hydrogens is 540 g/mol. The molecule has 0 spiro atoms. The maximum Gasteiger partial charge on any atom is 0.349 e. The predicted octanol–water partition coefficient (Wildman–Crippen LogP) is 6.74. The number of hydrogen-bond donors (Lipinski definition) is 1. The summed E-state index contributed by atoms with van der Waals surface area (Å²) in [6, 6.07) is 27.8. The van der Waals surface area contributed by atoms with Crippen molar-refractivity contribution in [3.8, 4) is 29.1 Å². The fourth-order valence-corrected chi connectivity index (χ4v) is 4.91. The van der Waals surface area contributed by atoms with Gasteiger partial charge in [-0.1, -0.05) is 54.1 Å². The average molecular weight is 567 g/mol. The number of aryl methyl sites for hydroxylation is 2. The molecule has 0 amide bonds. The number of nitrogens with zero attached hydrogens (tertiary/aromatic N) is 1. The summed E-state index contributed by atoms with van der Waals surface area (Å²) in [7, 11) is 0. The number of halogens is 1. The molecule has 2 N–H and O–H groups in total. The molecule has 1 heterocycles. The number of benzene rings is 4. The molecule has 8 heteroatoms. The molecule has 0 aromatic heterocycles. The van der Waals surface area contributed by atoms with Gasteiger partial charge in [-0.05, 0) is 66.9 Å². The molecule has 0 bridgehead atoms. The molecule has 0 radical (unpaired) electrons. The van der Waals surface area contributed by atoms with Crippen LogP contribution in [-0.4, -0.2) is 12.6 Å². The van der Waals surface area contributed by atoms with Crippen molar-refractivity contribution in [3.63, 3.8) is 0 Å². The van der Waals surface area contributed by atoms with Crippen molar-refractivity contribution in [2.45, 2.75) is 26.4 Å². The highest BCUT2D eigenvalue weighted by atomic mass is 35.5. The van der Waals surface area contributed by atoms with E-state index >= 15 is 0 Å². The second-order valence-corrected chi connectivity index (χ2v) is 10.1. The Morgan fingerprint density at radius 3 is 2.46 bits per heavy atom. The van der Waals surface area contributed by atoms with Gasteiger partial charge in [0.25, 0.3) is 0 Å². The van der Waals surface area contributed by atoms with E-state index in [-0.39, 0.29) is 23.8 Å². The third kappa shape index (κ3) is 6.46. The van der Waals surface area contributed by atoms with Crippen LogP contribution in [0.15, 0.2) is 96.4 Å². The Morgan fingerprint density at radius 2 is 1.71 bits per heavy atom. The van der Waals surface area contributed by atoms with Gasteiger partial charge >= 0.3 is 5.97 Å². The monoisotopic (exact) mass is 566 g/mol. The van der Waals surface area contributed by atoms with Gasteiger partial charge in [0, 0.05) is 22.2 Å². The second kappa shape index (κ2) is 12.1. The minimum Gasteiger partial charge on any atom is -0.489 e. The Balaban J connectivity index is 1.34. The van der Waals surface area contributed by atoms with Gasteiger partial charge in [0.05, 0.1) is 5.92 Å². The Labute approximate surface area is 243 Å². The van der Waals surface area contributed by atoms with Gasteiger partial charge in [-0.3, -0.25) is 0 Å². The smallest absolute Gasteiger partial charge is 0.349 e. The lowest BCUT2D eigenvalue weighted by Crippen LogP contribution is -2.21. The van der Waals surface area contributed by atoms with Gasteiger partial charge < -0.3 is 24.7 Å². The topological polar surface area (TPSA) is 104 Å². The summed E-state index contributed by atoms with van der Waals surface area (Å²) >= 11 is 6.27. The summed E-state index contributed by atoms with van der Waals surface area (Å²) in [4.78, 5) is 12.5. The average Bonchev–Trinajstić information content (AvgIpc) is 2.94. The number of carbonyl (C=O) groups excluding carboxylic acids is 1. The molecule has 4 aromatic carbocycles. The van der Waals surface area contributed by atoms with Crippen LogP contribution < -0.4 is 24.7 Å². The Morgan fingerprint density at radius 1 is 0.927 bits per heavy atom. The molecule has 1 aliphatic heterocycles. The van der Waals surface area contributed by atoms with Crippen molar-refractivity contribution in [3.05, 3.63) is 129 Å². The van der Waals surface area contributed by atoms with Gasteiger partial charge in [-0.2, -0.15) is 5.26 Å². The van der Waals surface area contributed by atoms with Gasteiger partial charge in [-0.25, -0.2) is 4.79 Å². The maximum absolute atomic E-state index is 12.5. The van der Waals surface area contributed by atoms with Gasteiger partial charge in [-0.15, -0.1) is 0 Å². The molecule has 1 atom stereocenters. The molecule has 1 aliphatic rings. The molecule has 1 unspecified atom stereocenters. The second-order valence-electron chi connectivity index (χ2n) is 9.66. The Kier molecular flexibility index (Phi) is 8.14. The molecular formula is C33H27ClN2O5. The highest BCUT2D eigenvalue weighted by Crippen LogP contribution is 2.44. The normalized spacial score (nSPS) is 14.0. The third-order valence-electron chi connectivity index (χ3n) is 6.52. The summed E-state index contributed by atoms with van der Waals surface area (Å²) in [6.07, 6.45) is 0. The maximum atomic E-state index is 12.5. The summed E-state index contributed by atoms with van der Waals surface area (Å²) in [6.45, 7) is 3.95. The van der Waals surface area contributed by atoms with E-state index in [0.29, 0.717) is 34.4 Å². The van der Waals surface area contributed by atoms with E-state index in [4.69, 9.17) is 36.3 Å². The minimum absolute atomic E-state index is 0.0194. The molecule has 7 nitrogen and oxygen atoms in total. The van der Waals surface area contributed by atoms with Crippen molar-refractivity contribution in [2.75, 3.05) is 6.61 Å².